The number of halogens is 2. The number of aliphatic imine (C=N–C) groups is 1. The van der Waals surface area contributed by atoms with Crippen LogP contribution < -0.4 is 10.6 Å². The fourth-order valence-electron chi connectivity index (χ4n) is 3.60. The van der Waals surface area contributed by atoms with Crippen molar-refractivity contribution in [3.63, 3.8) is 0 Å². The lowest BCUT2D eigenvalue weighted by Crippen LogP contribution is -2.48. The van der Waals surface area contributed by atoms with E-state index in [0.29, 0.717) is 19.1 Å². The third-order valence-electron chi connectivity index (χ3n) is 5.70. The summed E-state index contributed by atoms with van der Waals surface area (Å²) in [6.07, 6.45) is 4.12. The highest BCUT2D eigenvalue weighted by Crippen LogP contribution is 2.16. The van der Waals surface area contributed by atoms with Crippen molar-refractivity contribution < 1.29 is 8.78 Å². The first-order valence-corrected chi connectivity index (χ1v) is 11.0. The summed E-state index contributed by atoms with van der Waals surface area (Å²) >= 11 is 0. The van der Waals surface area contributed by atoms with Gasteiger partial charge in [-0.3, -0.25) is 4.90 Å². The minimum absolute atomic E-state index is 0.315. The van der Waals surface area contributed by atoms with Crippen LogP contribution in [0.2, 0.25) is 0 Å². The van der Waals surface area contributed by atoms with E-state index >= 15 is 0 Å². The lowest BCUT2D eigenvalue weighted by atomic mass is 10.0. The molecule has 0 bridgehead atoms. The highest BCUT2D eigenvalue weighted by atomic mass is 19.2. The number of benzene rings is 1. The first-order chi connectivity index (χ1) is 15.0. The Kier molecular flexibility index (Phi) is 8.34. The Morgan fingerprint density at radius 1 is 1.19 bits per heavy atom. The number of aryl methyl sites for hydroxylation is 1. The normalized spacial score (nSPS) is 16.0. The number of unbranched alkanes of at least 4 members (excludes halogenated alkanes) is 1. The third-order valence-corrected chi connectivity index (χ3v) is 5.70. The molecule has 0 spiro atoms. The van der Waals surface area contributed by atoms with Crippen LogP contribution in [-0.4, -0.2) is 51.3 Å². The Labute approximate surface area is 183 Å². The monoisotopic (exact) mass is 433 g/mol. The predicted molar refractivity (Wildman–Crippen MR) is 118 cm³/mol. The maximum atomic E-state index is 13.5. The number of nitrogens with one attached hydrogen (secondary N) is 2. The van der Waals surface area contributed by atoms with E-state index < -0.39 is 11.6 Å². The number of nitrogens with zero attached hydrogens (tertiary/aromatic N) is 5. The van der Waals surface area contributed by atoms with Crippen LogP contribution in [0, 0.1) is 18.6 Å². The molecular weight excluding hydrogens is 400 g/mol. The van der Waals surface area contributed by atoms with E-state index in [9.17, 15) is 8.78 Å². The number of piperidine rings is 1. The van der Waals surface area contributed by atoms with Gasteiger partial charge in [0.15, 0.2) is 23.4 Å². The highest BCUT2D eigenvalue weighted by molar-refractivity contribution is 5.80. The first kappa shape index (κ1) is 23.1. The van der Waals surface area contributed by atoms with Crippen molar-refractivity contribution >= 4 is 5.96 Å². The summed E-state index contributed by atoms with van der Waals surface area (Å²) in [7, 11) is 1.94. The minimum Gasteiger partial charge on any atom is -0.356 e. The standard InChI is InChI=1S/C22H33F2N7/c1-4-5-10-25-22(26-14-21-29-28-16(2)30(21)3)27-18-8-11-31(12-9-18)15-17-6-7-19(23)20(24)13-17/h6-7,13,18H,4-5,8-12,14-15H2,1-3H3,(H2,25,26,27). The second kappa shape index (κ2) is 11.2. The molecule has 1 aliphatic heterocycles. The smallest absolute Gasteiger partial charge is 0.191 e. The number of hydrogen-bond donors (Lipinski definition) is 2. The van der Waals surface area contributed by atoms with Crippen LogP contribution in [0.25, 0.3) is 0 Å². The van der Waals surface area contributed by atoms with E-state index in [1.165, 1.54) is 12.1 Å². The van der Waals surface area contributed by atoms with Gasteiger partial charge in [0.1, 0.15) is 12.4 Å². The minimum atomic E-state index is -0.800. The van der Waals surface area contributed by atoms with Gasteiger partial charge in [0, 0.05) is 39.3 Å². The molecule has 170 valence electrons. The topological polar surface area (TPSA) is 70.4 Å². The number of likely N-dealkylation sites (tertiary alicyclic amines) is 1. The van der Waals surface area contributed by atoms with Gasteiger partial charge in [0.05, 0.1) is 0 Å². The van der Waals surface area contributed by atoms with E-state index in [-0.39, 0.29) is 0 Å². The maximum absolute atomic E-state index is 13.5. The van der Waals surface area contributed by atoms with Gasteiger partial charge in [0.25, 0.3) is 0 Å². The molecule has 3 rings (SSSR count). The molecular formula is C22H33F2N7. The molecule has 7 nitrogen and oxygen atoms in total. The van der Waals surface area contributed by atoms with Crippen LogP contribution in [0.4, 0.5) is 8.78 Å². The zero-order chi connectivity index (χ0) is 22.2. The van der Waals surface area contributed by atoms with E-state index in [0.717, 1.165) is 68.5 Å². The van der Waals surface area contributed by atoms with Gasteiger partial charge < -0.3 is 15.2 Å². The van der Waals surface area contributed by atoms with Gasteiger partial charge in [-0.15, -0.1) is 10.2 Å². The summed E-state index contributed by atoms with van der Waals surface area (Å²) in [6.45, 7) is 7.83. The predicted octanol–water partition coefficient (Wildman–Crippen LogP) is 2.90. The van der Waals surface area contributed by atoms with Crippen LogP contribution in [0.1, 0.15) is 49.8 Å². The number of guanidine groups is 1. The summed E-state index contributed by atoms with van der Waals surface area (Å²) < 4.78 is 28.5. The molecule has 9 heteroatoms. The third kappa shape index (κ3) is 6.72. The summed E-state index contributed by atoms with van der Waals surface area (Å²) in [5.74, 6) is 0.910. The Balaban J connectivity index is 1.53. The molecule has 2 N–H and O–H groups in total. The molecule has 1 aromatic carbocycles. The molecule has 1 aromatic heterocycles. The highest BCUT2D eigenvalue weighted by Gasteiger charge is 2.20. The van der Waals surface area contributed by atoms with Crippen LogP contribution in [-0.2, 0) is 20.1 Å². The quantitative estimate of drug-likeness (QED) is 0.381. The van der Waals surface area contributed by atoms with E-state index in [4.69, 9.17) is 4.99 Å². The van der Waals surface area contributed by atoms with Crippen molar-refractivity contribution in [2.24, 2.45) is 12.0 Å². The Hall–Kier alpha value is -2.55. The number of hydrogen-bond acceptors (Lipinski definition) is 4. The molecule has 0 aliphatic carbocycles. The molecule has 0 amide bonds. The first-order valence-electron chi connectivity index (χ1n) is 11.0. The molecule has 0 unspecified atom stereocenters. The van der Waals surface area contributed by atoms with Gasteiger partial charge >= 0.3 is 0 Å². The van der Waals surface area contributed by atoms with Crippen molar-refractivity contribution in [2.75, 3.05) is 19.6 Å². The van der Waals surface area contributed by atoms with Crippen molar-refractivity contribution in [2.45, 2.75) is 58.7 Å². The van der Waals surface area contributed by atoms with Crippen LogP contribution in [0.15, 0.2) is 23.2 Å². The fraction of sp³-hybridized carbons (Fsp3) is 0.591. The van der Waals surface area contributed by atoms with Crippen LogP contribution >= 0.6 is 0 Å². The van der Waals surface area contributed by atoms with Crippen LogP contribution in [0.3, 0.4) is 0 Å². The average molecular weight is 434 g/mol. The van der Waals surface area contributed by atoms with Crippen LogP contribution in [0.5, 0.6) is 0 Å². The van der Waals surface area contributed by atoms with Gasteiger partial charge in [-0.2, -0.15) is 0 Å². The summed E-state index contributed by atoms with van der Waals surface area (Å²) in [5, 5.41) is 15.3. The number of aromatic nitrogens is 3. The SMILES string of the molecule is CCCCNC(=NCc1nnc(C)n1C)NC1CCN(Cc2ccc(F)c(F)c2)CC1. The summed E-state index contributed by atoms with van der Waals surface area (Å²) in [5.41, 5.74) is 0.799. The molecule has 31 heavy (non-hydrogen) atoms. The maximum Gasteiger partial charge on any atom is 0.191 e. The van der Waals surface area contributed by atoms with E-state index in [2.05, 4.69) is 32.7 Å². The molecule has 1 fully saturated rings. The van der Waals surface area contributed by atoms with Gasteiger partial charge in [-0.1, -0.05) is 19.4 Å². The lowest BCUT2D eigenvalue weighted by Gasteiger charge is -2.33. The second-order valence-corrected chi connectivity index (χ2v) is 8.11. The molecule has 1 aliphatic rings. The zero-order valence-electron chi connectivity index (χ0n) is 18.7. The molecule has 0 radical (unpaired) electrons. The molecule has 2 aromatic rings. The van der Waals surface area contributed by atoms with Crippen molar-refractivity contribution in [1.82, 2.24) is 30.3 Å². The van der Waals surface area contributed by atoms with Crippen molar-refractivity contribution in [1.29, 1.82) is 0 Å². The molecule has 2 heterocycles. The van der Waals surface area contributed by atoms with Gasteiger partial charge in [0.2, 0.25) is 0 Å². The van der Waals surface area contributed by atoms with Gasteiger partial charge in [-0.05, 0) is 43.9 Å². The summed E-state index contributed by atoms with van der Waals surface area (Å²) in [6, 6.07) is 4.45. The Morgan fingerprint density at radius 3 is 2.61 bits per heavy atom. The molecule has 0 atom stereocenters. The van der Waals surface area contributed by atoms with E-state index in [1.807, 2.05) is 18.5 Å². The van der Waals surface area contributed by atoms with E-state index in [1.54, 1.807) is 6.07 Å². The van der Waals surface area contributed by atoms with Crippen molar-refractivity contribution in [3.05, 3.63) is 47.0 Å². The summed E-state index contributed by atoms with van der Waals surface area (Å²) in [4.78, 5) is 6.99. The fourth-order valence-corrected chi connectivity index (χ4v) is 3.60. The van der Waals surface area contributed by atoms with Crippen molar-refractivity contribution in [3.8, 4) is 0 Å². The zero-order valence-corrected chi connectivity index (χ0v) is 18.7. The Morgan fingerprint density at radius 2 is 1.97 bits per heavy atom. The van der Waals surface area contributed by atoms with Gasteiger partial charge in [-0.25, -0.2) is 13.8 Å². The lowest BCUT2D eigenvalue weighted by molar-refractivity contribution is 0.198. The molecule has 0 saturated carbocycles. The molecule has 1 saturated heterocycles. The average Bonchev–Trinajstić information content (AvgIpc) is 3.08. The number of rotatable bonds is 8. The largest absolute Gasteiger partial charge is 0.356 e. The second-order valence-electron chi connectivity index (χ2n) is 8.11. The Bertz CT molecular complexity index is 873.